The molecule has 0 aliphatic carbocycles. The van der Waals surface area contributed by atoms with Crippen molar-refractivity contribution in [2.45, 2.75) is 18.9 Å². The first-order valence-electron chi connectivity index (χ1n) is 8.54. The van der Waals surface area contributed by atoms with Gasteiger partial charge in [-0.05, 0) is 37.1 Å². The number of ether oxygens (including phenoxy) is 3. The van der Waals surface area contributed by atoms with Crippen LogP contribution in [0.25, 0.3) is 0 Å². The van der Waals surface area contributed by atoms with Crippen molar-refractivity contribution < 1.29 is 19.0 Å². The minimum Gasteiger partial charge on any atom is -0.493 e. The summed E-state index contributed by atoms with van der Waals surface area (Å²) in [4.78, 5) is 16.5. The number of anilines is 2. The largest absolute Gasteiger partial charge is 0.493 e. The molecule has 7 nitrogen and oxygen atoms in total. The third-order valence-electron chi connectivity index (χ3n) is 4.20. The van der Waals surface area contributed by atoms with E-state index in [2.05, 4.69) is 15.6 Å². The number of pyridine rings is 1. The Labute approximate surface area is 152 Å². The second kappa shape index (κ2) is 8.53. The minimum absolute atomic E-state index is 0.123. The van der Waals surface area contributed by atoms with Crippen molar-refractivity contribution >= 4 is 17.4 Å². The second-order valence-corrected chi connectivity index (χ2v) is 5.97. The molecule has 0 radical (unpaired) electrons. The Hall–Kier alpha value is -2.80. The van der Waals surface area contributed by atoms with E-state index in [4.69, 9.17) is 14.2 Å². The second-order valence-electron chi connectivity index (χ2n) is 5.97. The normalized spacial score (nSPS) is 16.2. The molecule has 138 valence electrons. The van der Waals surface area contributed by atoms with E-state index in [9.17, 15) is 4.79 Å². The van der Waals surface area contributed by atoms with Crippen molar-refractivity contribution in [3.05, 3.63) is 42.1 Å². The smallest absolute Gasteiger partial charge is 0.252 e. The van der Waals surface area contributed by atoms with Crippen molar-refractivity contribution in [2.75, 3.05) is 32.7 Å². The van der Waals surface area contributed by atoms with E-state index in [0.29, 0.717) is 29.4 Å². The van der Waals surface area contributed by atoms with E-state index >= 15 is 0 Å². The van der Waals surface area contributed by atoms with Gasteiger partial charge in [0.25, 0.3) is 5.91 Å². The fourth-order valence-corrected chi connectivity index (χ4v) is 2.78. The molecule has 0 saturated carbocycles. The molecule has 1 aromatic heterocycles. The first-order chi connectivity index (χ1) is 12.7. The van der Waals surface area contributed by atoms with Gasteiger partial charge in [0, 0.05) is 31.1 Å². The van der Waals surface area contributed by atoms with Gasteiger partial charge in [0.05, 0.1) is 25.9 Å². The van der Waals surface area contributed by atoms with E-state index in [0.717, 1.165) is 25.1 Å². The number of benzene rings is 1. The van der Waals surface area contributed by atoms with Crippen molar-refractivity contribution in [1.29, 1.82) is 0 Å². The lowest BCUT2D eigenvalue weighted by atomic mass is 10.2. The lowest BCUT2D eigenvalue weighted by Gasteiger charge is -2.12. The summed E-state index contributed by atoms with van der Waals surface area (Å²) in [6.07, 6.45) is 3.72. The molecule has 7 heteroatoms. The minimum atomic E-state index is -0.148. The van der Waals surface area contributed by atoms with Gasteiger partial charge in [-0.25, -0.2) is 4.98 Å². The van der Waals surface area contributed by atoms with Crippen LogP contribution in [-0.4, -0.2) is 44.4 Å². The zero-order chi connectivity index (χ0) is 18.4. The first-order valence-corrected chi connectivity index (χ1v) is 8.54. The summed E-state index contributed by atoms with van der Waals surface area (Å²) in [6, 6.07) is 9.00. The molecule has 1 amide bonds. The number of rotatable bonds is 7. The Kier molecular flexibility index (Phi) is 5.91. The molecule has 2 heterocycles. The van der Waals surface area contributed by atoms with E-state index in [1.807, 2.05) is 18.2 Å². The number of carbonyl (C=O) groups is 1. The first kappa shape index (κ1) is 18.0. The third kappa shape index (κ3) is 4.43. The Balaban J connectivity index is 1.59. The highest BCUT2D eigenvalue weighted by molar-refractivity contribution is 5.94. The highest BCUT2D eigenvalue weighted by atomic mass is 16.5. The lowest BCUT2D eigenvalue weighted by molar-refractivity contribution is 0.0857. The zero-order valence-corrected chi connectivity index (χ0v) is 15.0. The predicted molar refractivity (Wildman–Crippen MR) is 98.4 cm³/mol. The number of carbonyl (C=O) groups excluding carboxylic acids is 1. The number of nitrogens with one attached hydrogen (secondary N) is 2. The van der Waals surface area contributed by atoms with Gasteiger partial charge in [-0.15, -0.1) is 0 Å². The van der Waals surface area contributed by atoms with Crippen LogP contribution in [0.2, 0.25) is 0 Å². The average Bonchev–Trinajstić information content (AvgIpc) is 3.20. The molecule has 1 fully saturated rings. The summed E-state index contributed by atoms with van der Waals surface area (Å²) in [6.45, 7) is 1.31. The van der Waals surface area contributed by atoms with E-state index < -0.39 is 0 Å². The molecule has 1 atom stereocenters. The molecular weight excluding hydrogens is 334 g/mol. The van der Waals surface area contributed by atoms with Gasteiger partial charge in [-0.2, -0.15) is 0 Å². The molecule has 1 unspecified atom stereocenters. The molecule has 2 N–H and O–H groups in total. The number of aromatic nitrogens is 1. The van der Waals surface area contributed by atoms with Crippen LogP contribution in [0.3, 0.4) is 0 Å². The SMILES string of the molecule is COc1ccc(Nc2ccc(C(=O)NCC3CCCO3)cn2)cc1OC. The summed E-state index contributed by atoms with van der Waals surface area (Å²) in [5.41, 5.74) is 1.33. The van der Waals surface area contributed by atoms with Gasteiger partial charge in [0.2, 0.25) is 0 Å². The molecule has 1 aliphatic rings. The molecule has 3 rings (SSSR count). The maximum Gasteiger partial charge on any atom is 0.252 e. The van der Waals surface area contributed by atoms with Crippen molar-refractivity contribution in [2.24, 2.45) is 0 Å². The van der Waals surface area contributed by atoms with Gasteiger partial charge in [0.1, 0.15) is 5.82 Å². The molecule has 0 bridgehead atoms. The Bertz CT molecular complexity index is 743. The van der Waals surface area contributed by atoms with Gasteiger partial charge in [0.15, 0.2) is 11.5 Å². The molecule has 0 spiro atoms. The zero-order valence-electron chi connectivity index (χ0n) is 15.0. The third-order valence-corrected chi connectivity index (χ3v) is 4.20. The van der Waals surface area contributed by atoms with Crippen LogP contribution in [0.5, 0.6) is 11.5 Å². The van der Waals surface area contributed by atoms with E-state index in [1.54, 1.807) is 32.5 Å². The lowest BCUT2D eigenvalue weighted by Crippen LogP contribution is -2.31. The van der Waals surface area contributed by atoms with Crippen LogP contribution in [0.4, 0.5) is 11.5 Å². The summed E-state index contributed by atoms with van der Waals surface area (Å²) in [7, 11) is 3.18. The van der Waals surface area contributed by atoms with Gasteiger partial charge in [-0.3, -0.25) is 4.79 Å². The van der Waals surface area contributed by atoms with Gasteiger partial charge >= 0.3 is 0 Å². The van der Waals surface area contributed by atoms with E-state index in [-0.39, 0.29) is 12.0 Å². The standard InChI is InChI=1S/C19H23N3O4/c1-24-16-7-6-14(10-17(16)25-2)22-18-8-5-13(11-20-18)19(23)21-12-15-4-3-9-26-15/h5-8,10-11,15H,3-4,9,12H2,1-2H3,(H,20,22)(H,21,23). The molecule has 1 aromatic carbocycles. The highest BCUT2D eigenvalue weighted by Crippen LogP contribution is 2.30. The predicted octanol–water partition coefficient (Wildman–Crippen LogP) is 2.75. The summed E-state index contributed by atoms with van der Waals surface area (Å²) < 4.78 is 16.0. The number of amides is 1. The maximum atomic E-state index is 12.2. The quantitative estimate of drug-likeness (QED) is 0.793. The van der Waals surface area contributed by atoms with Crippen molar-refractivity contribution in [3.8, 4) is 11.5 Å². The fraction of sp³-hybridized carbons (Fsp3) is 0.368. The van der Waals surface area contributed by atoms with Gasteiger partial charge < -0.3 is 24.8 Å². The molecular formula is C19H23N3O4. The Morgan fingerprint density at radius 1 is 1.23 bits per heavy atom. The van der Waals surface area contributed by atoms with Crippen LogP contribution < -0.4 is 20.1 Å². The Morgan fingerprint density at radius 3 is 2.73 bits per heavy atom. The fourth-order valence-electron chi connectivity index (χ4n) is 2.78. The monoisotopic (exact) mass is 357 g/mol. The summed E-state index contributed by atoms with van der Waals surface area (Å²) in [5.74, 6) is 1.77. The maximum absolute atomic E-state index is 12.2. The van der Waals surface area contributed by atoms with Crippen molar-refractivity contribution in [1.82, 2.24) is 10.3 Å². The van der Waals surface area contributed by atoms with Crippen LogP contribution in [0, 0.1) is 0 Å². The number of methoxy groups -OCH3 is 2. The number of nitrogens with zero attached hydrogens (tertiary/aromatic N) is 1. The number of hydrogen-bond donors (Lipinski definition) is 2. The van der Waals surface area contributed by atoms with Crippen LogP contribution in [-0.2, 0) is 4.74 Å². The summed E-state index contributed by atoms with van der Waals surface area (Å²) in [5, 5.41) is 6.06. The molecule has 2 aromatic rings. The molecule has 1 aliphatic heterocycles. The summed E-state index contributed by atoms with van der Waals surface area (Å²) >= 11 is 0. The average molecular weight is 357 g/mol. The van der Waals surface area contributed by atoms with Crippen molar-refractivity contribution in [3.63, 3.8) is 0 Å². The topological polar surface area (TPSA) is 81.7 Å². The van der Waals surface area contributed by atoms with E-state index in [1.165, 1.54) is 0 Å². The van der Waals surface area contributed by atoms with Crippen LogP contribution in [0.1, 0.15) is 23.2 Å². The molecule has 26 heavy (non-hydrogen) atoms. The molecule has 1 saturated heterocycles. The van der Waals surface area contributed by atoms with Gasteiger partial charge in [-0.1, -0.05) is 0 Å². The Morgan fingerprint density at radius 2 is 2.08 bits per heavy atom. The highest BCUT2D eigenvalue weighted by Gasteiger charge is 2.16. The van der Waals surface area contributed by atoms with Crippen LogP contribution >= 0.6 is 0 Å². The van der Waals surface area contributed by atoms with Crippen LogP contribution in [0.15, 0.2) is 36.5 Å². The number of hydrogen-bond acceptors (Lipinski definition) is 6.